The summed E-state index contributed by atoms with van der Waals surface area (Å²) in [6, 6.07) is 0.311. The summed E-state index contributed by atoms with van der Waals surface area (Å²) in [5, 5.41) is 17.1. The number of nitrogens with zero attached hydrogens (tertiary/aromatic N) is 1. The second kappa shape index (κ2) is 6.62. The van der Waals surface area contributed by atoms with E-state index < -0.39 is 5.97 Å². The van der Waals surface area contributed by atoms with Crippen molar-refractivity contribution in [3.05, 3.63) is 12.2 Å². The van der Waals surface area contributed by atoms with Gasteiger partial charge in [-0.1, -0.05) is 6.08 Å². The standard InChI is InChI=1S/C9H17NO3/c1-8(2)10(6-7-11)5-3-4-9(12)13/h3-4,8,11H,5-7H2,1-2H3,(H,12,13). The minimum absolute atomic E-state index is 0.0963. The summed E-state index contributed by atoms with van der Waals surface area (Å²) in [6.45, 7) is 5.24. The Balaban J connectivity index is 3.88. The highest BCUT2D eigenvalue weighted by Gasteiger charge is 2.05. The van der Waals surface area contributed by atoms with Gasteiger partial charge in [-0.25, -0.2) is 4.79 Å². The fraction of sp³-hybridized carbons (Fsp3) is 0.667. The van der Waals surface area contributed by atoms with Crippen LogP contribution in [0.2, 0.25) is 0 Å². The van der Waals surface area contributed by atoms with Gasteiger partial charge in [-0.15, -0.1) is 0 Å². The van der Waals surface area contributed by atoms with Crippen molar-refractivity contribution in [2.45, 2.75) is 19.9 Å². The van der Waals surface area contributed by atoms with Crippen molar-refractivity contribution in [2.75, 3.05) is 19.7 Å². The van der Waals surface area contributed by atoms with E-state index in [0.29, 0.717) is 19.1 Å². The Bertz CT molecular complexity index is 178. The summed E-state index contributed by atoms with van der Waals surface area (Å²) >= 11 is 0. The van der Waals surface area contributed by atoms with Gasteiger partial charge in [-0.3, -0.25) is 4.90 Å². The Labute approximate surface area is 78.5 Å². The first-order valence-corrected chi connectivity index (χ1v) is 4.32. The summed E-state index contributed by atoms with van der Waals surface area (Å²) < 4.78 is 0. The zero-order valence-electron chi connectivity index (χ0n) is 8.10. The molecule has 0 aliphatic rings. The fourth-order valence-corrected chi connectivity index (χ4v) is 0.978. The molecular formula is C9H17NO3. The van der Waals surface area contributed by atoms with E-state index in [4.69, 9.17) is 10.2 Å². The molecule has 0 rings (SSSR count). The van der Waals surface area contributed by atoms with Crippen LogP contribution in [-0.2, 0) is 4.79 Å². The molecule has 0 spiro atoms. The average molecular weight is 187 g/mol. The fourth-order valence-electron chi connectivity index (χ4n) is 0.978. The number of aliphatic hydroxyl groups excluding tert-OH is 1. The molecular weight excluding hydrogens is 170 g/mol. The zero-order valence-corrected chi connectivity index (χ0v) is 8.10. The predicted molar refractivity (Wildman–Crippen MR) is 50.6 cm³/mol. The number of carboxylic acid groups (broad SMARTS) is 1. The minimum atomic E-state index is -0.937. The van der Waals surface area contributed by atoms with E-state index in [1.807, 2.05) is 18.7 Å². The van der Waals surface area contributed by atoms with Gasteiger partial charge in [0.25, 0.3) is 0 Å². The number of carbonyl (C=O) groups is 1. The molecule has 0 aromatic heterocycles. The zero-order chi connectivity index (χ0) is 10.3. The molecule has 0 unspecified atom stereocenters. The Morgan fingerprint density at radius 3 is 2.54 bits per heavy atom. The summed E-state index contributed by atoms with van der Waals surface area (Å²) in [5.41, 5.74) is 0. The minimum Gasteiger partial charge on any atom is -0.478 e. The molecule has 0 saturated heterocycles. The predicted octanol–water partition coefficient (Wildman–Crippen LogP) is 0.330. The van der Waals surface area contributed by atoms with Crippen molar-refractivity contribution in [3.63, 3.8) is 0 Å². The van der Waals surface area contributed by atoms with Gasteiger partial charge in [-0.2, -0.15) is 0 Å². The normalized spacial score (nSPS) is 11.8. The molecule has 0 aliphatic carbocycles. The largest absolute Gasteiger partial charge is 0.478 e. The van der Waals surface area contributed by atoms with Crippen LogP contribution in [0.25, 0.3) is 0 Å². The first-order chi connectivity index (χ1) is 6.07. The third-order valence-electron chi connectivity index (χ3n) is 1.72. The molecule has 0 aromatic carbocycles. The molecule has 0 fully saturated rings. The molecule has 76 valence electrons. The molecule has 0 heterocycles. The Morgan fingerprint density at radius 2 is 2.15 bits per heavy atom. The van der Waals surface area contributed by atoms with Crippen molar-refractivity contribution >= 4 is 5.97 Å². The van der Waals surface area contributed by atoms with E-state index in [0.717, 1.165) is 6.08 Å². The molecule has 0 aliphatic heterocycles. The number of rotatable bonds is 6. The SMILES string of the molecule is CC(C)N(CC=CC(=O)O)CCO. The van der Waals surface area contributed by atoms with Crippen LogP contribution in [0.5, 0.6) is 0 Å². The lowest BCUT2D eigenvalue weighted by Gasteiger charge is -2.23. The maximum atomic E-state index is 10.2. The molecule has 0 amide bonds. The highest BCUT2D eigenvalue weighted by atomic mass is 16.4. The van der Waals surface area contributed by atoms with Gasteiger partial charge in [0, 0.05) is 25.2 Å². The van der Waals surface area contributed by atoms with E-state index in [9.17, 15) is 4.79 Å². The van der Waals surface area contributed by atoms with Crippen LogP contribution in [0.1, 0.15) is 13.8 Å². The van der Waals surface area contributed by atoms with Gasteiger partial charge < -0.3 is 10.2 Å². The summed E-state index contributed by atoms with van der Waals surface area (Å²) in [7, 11) is 0. The number of hydrogen-bond donors (Lipinski definition) is 2. The topological polar surface area (TPSA) is 60.8 Å². The van der Waals surface area contributed by atoms with Crippen LogP contribution in [0, 0.1) is 0 Å². The number of aliphatic carboxylic acids is 1. The highest BCUT2D eigenvalue weighted by Crippen LogP contribution is 1.96. The summed E-state index contributed by atoms with van der Waals surface area (Å²) in [6.07, 6.45) is 2.70. The van der Waals surface area contributed by atoms with Crippen LogP contribution in [0.3, 0.4) is 0 Å². The van der Waals surface area contributed by atoms with Gasteiger partial charge in [-0.05, 0) is 13.8 Å². The quantitative estimate of drug-likeness (QED) is 0.588. The number of aliphatic hydroxyl groups is 1. The van der Waals surface area contributed by atoms with Gasteiger partial charge in [0.2, 0.25) is 0 Å². The number of hydrogen-bond acceptors (Lipinski definition) is 3. The Morgan fingerprint density at radius 1 is 1.54 bits per heavy atom. The molecule has 4 heteroatoms. The van der Waals surface area contributed by atoms with Crippen LogP contribution >= 0.6 is 0 Å². The van der Waals surface area contributed by atoms with Crippen LogP contribution in [0.15, 0.2) is 12.2 Å². The lowest BCUT2D eigenvalue weighted by molar-refractivity contribution is -0.131. The molecule has 0 aromatic rings. The molecule has 0 saturated carbocycles. The van der Waals surface area contributed by atoms with E-state index in [2.05, 4.69) is 0 Å². The van der Waals surface area contributed by atoms with Crippen molar-refractivity contribution in [1.82, 2.24) is 4.90 Å². The van der Waals surface area contributed by atoms with Gasteiger partial charge in [0.1, 0.15) is 0 Å². The molecule has 4 nitrogen and oxygen atoms in total. The van der Waals surface area contributed by atoms with Gasteiger partial charge in [0.15, 0.2) is 0 Å². The third-order valence-corrected chi connectivity index (χ3v) is 1.72. The third kappa shape index (κ3) is 6.31. The average Bonchev–Trinajstić information content (AvgIpc) is 2.02. The first kappa shape index (κ1) is 12.1. The summed E-state index contributed by atoms with van der Waals surface area (Å²) in [5.74, 6) is -0.937. The maximum Gasteiger partial charge on any atom is 0.328 e. The van der Waals surface area contributed by atoms with Gasteiger partial charge in [0.05, 0.1) is 6.61 Å². The molecule has 13 heavy (non-hydrogen) atoms. The van der Waals surface area contributed by atoms with E-state index >= 15 is 0 Å². The molecule has 0 atom stereocenters. The first-order valence-electron chi connectivity index (χ1n) is 4.32. The van der Waals surface area contributed by atoms with Crippen molar-refractivity contribution in [3.8, 4) is 0 Å². The molecule has 0 radical (unpaired) electrons. The van der Waals surface area contributed by atoms with Crippen LogP contribution in [-0.4, -0.2) is 46.8 Å². The summed E-state index contributed by atoms with van der Waals surface area (Å²) in [4.78, 5) is 12.1. The van der Waals surface area contributed by atoms with E-state index in [1.54, 1.807) is 6.08 Å². The lowest BCUT2D eigenvalue weighted by atomic mass is 10.3. The Hall–Kier alpha value is -0.870. The smallest absolute Gasteiger partial charge is 0.328 e. The molecule has 2 N–H and O–H groups in total. The Kier molecular flexibility index (Phi) is 6.18. The highest BCUT2D eigenvalue weighted by molar-refractivity contribution is 5.79. The van der Waals surface area contributed by atoms with Gasteiger partial charge >= 0.3 is 5.97 Å². The van der Waals surface area contributed by atoms with Crippen molar-refractivity contribution in [1.29, 1.82) is 0 Å². The van der Waals surface area contributed by atoms with E-state index in [-0.39, 0.29) is 6.61 Å². The number of carboxylic acids is 1. The molecule has 0 bridgehead atoms. The van der Waals surface area contributed by atoms with E-state index in [1.165, 1.54) is 0 Å². The van der Waals surface area contributed by atoms with Crippen LogP contribution in [0.4, 0.5) is 0 Å². The van der Waals surface area contributed by atoms with Crippen molar-refractivity contribution in [2.24, 2.45) is 0 Å². The lowest BCUT2D eigenvalue weighted by Crippen LogP contribution is -2.33. The second-order valence-corrected chi connectivity index (χ2v) is 3.05. The van der Waals surface area contributed by atoms with Crippen LogP contribution < -0.4 is 0 Å². The monoisotopic (exact) mass is 187 g/mol. The maximum absolute atomic E-state index is 10.2. The second-order valence-electron chi connectivity index (χ2n) is 3.05. The van der Waals surface area contributed by atoms with Crippen molar-refractivity contribution < 1.29 is 15.0 Å².